The molecule has 0 aliphatic carbocycles. The molecule has 7 aromatic rings. The van der Waals surface area contributed by atoms with E-state index in [2.05, 4.69) is 148 Å². The summed E-state index contributed by atoms with van der Waals surface area (Å²) in [7, 11) is -4.21. The molecule has 0 saturated heterocycles. The standard InChI is InChI=1S/C39H31BNSi2.Ir/c1-42(2)35-21-28-14-7-5-12-26(28)19-31(35)40-32-20-27-13-6-8-15-29(27)22-36(32)43(3,4)38-24-30(23-37(42)39(38)40)34-18-17-25-11-9-10-16-33(25)41-34;/h5-23H,1-4H3;/q-1;. The van der Waals surface area contributed by atoms with Crippen molar-refractivity contribution in [2.24, 2.45) is 0 Å². The van der Waals surface area contributed by atoms with Crippen LogP contribution in [0.1, 0.15) is 0 Å². The summed E-state index contributed by atoms with van der Waals surface area (Å²) in [4.78, 5) is 5.17. The minimum absolute atomic E-state index is 0. The molecule has 213 valence electrons. The molecular weight excluding hydrogens is 742 g/mol. The van der Waals surface area contributed by atoms with E-state index < -0.39 is 16.1 Å². The van der Waals surface area contributed by atoms with E-state index in [1.165, 1.54) is 43.0 Å². The van der Waals surface area contributed by atoms with Gasteiger partial charge in [-0.1, -0.05) is 151 Å². The van der Waals surface area contributed by atoms with Crippen molar-refractivity contribution in [2.75, 3.05) is 0 Å². The fourth-order valence-electron chi connectivity index (χ4n) is 8.09. The van der Waals surface area contributed by atoms with Gasteiger partial charge in [-0.25, -0.2) is 0 Å². The van der Waals surface area contributed by atoms with Crippen LogP contribution in [0.5, 0.6) is 0 Å². The van der Waals surface area contributed by atoms with Gasteiger partial charge in [-0.2, -0.15) is 0 Å². The Hall–Kier alpha value is -3.60. The number of aromatic nitrogens is 1. The average Bonchev–Trinajstić information content (AvgIpc) is 3.03. The summed E-state index contributed by atoms with van der Waals surface area (Å²) in [6.45, 7) is 10.4. The molecule has 0 spiro atoms. The molecule has 44 heavy (non-hydrogen) atoms. The molecule has 1 radical (unpaired) electrons. The van der Waals surface area contributed by atoms with Crippen LogP contribution in [0.25, 0.3) is 43.7 Å². The molecule has 3 heterocycles. The van der Waals surface area contributed by atoms with Gasteiger partial charge in [-0.3, -0.25) is 4.98 Å². The molecule has 0 unspecified atom stereocenters. The van der Waals surface area contributed by atoms with E-state index in [-0.39, 0.29) is 26.8 Å². The minimum atomic E-state index is -2.12. The number of nitrogens with zero attached hydrogens (tertiary/aromatic N) is 1. The molecule has 9 rings (SSSR count). The van der Waals surface area contributed by atoms with Crippen molar-refractivity contribution in [1.29, 1.82) is 0 Å². The number of para-hydroxylation sites is 1. The second-order valence-corrected chi connectivity index (χ2v) is 22.1. The zero-order valence-electron chi connectivity index (χ0n) is 25.3. The number of fused-ring (bicyclic) bond motifs is 7. The second kappa shape index (κ2) is 9.70. The van der Waals surface area contributed by atoms with Crippen LogP contribution in [-0.2, 0) is 20.1 Å². The fraction of sp³-hybridized carbons (Fsp3) is 0.103. The molecule has 0 amide bonds. The fourth-order valence-corrected chi connectivity index (χ4v) is 14.5. The third kappa shape index (κ3) is 3.83. The predicted octanol–water partition coefficient (Wildman–Crippen LogP) is 4.79. The number of pyridine rings is 1. The maximum absolute atomic E-state index is 5.17. The summed E-state index contributed by atoms with van der Waals surface area (Å²) in [5, 5.41) is 12.7. The third-order valence-corrected chi connectivity index (χ3v) is 17.3. The molecule has 0 N–H and O–H groups in total. The quantitative estimate of drug-likeness (QED) is 0.173. The first-order valence-corrected chi connectivity index (χ1v) is 21.3. The molecule has 1 aromatic heterocycles. The number of hydrogen-bond acceptors (Lipinski definition) is 1. The first-order valence-electron chi connectivity index (χ1n) is 15.3. The Balaban J connectivity index is 0.00000289. The zero-order valence-corrected chi connectivity index (χ0v) is 29.7. The molecule has 2 aliphatic rings. The van der Waals surface area contributed by atoms with Crippen molar-refractivity contribution in [1.82, 2.24) is 4.98 Å². The average molecular weight is 773 g/mol. The maximum Gasteiger partial charge on any atom is 0.190 e. The van der Waals surface area contributed by atoms with Crippen molar-refractivity contribution < 1.29 is 20.1 Å². The Bertz CT molecular complexity index is 2210. The van der Waals surface area contributed by atoms with E-state index in [0.717, 1.165) is 16.8 Å². The van der Waals surface area contributed by atoms with Gasteiger partial charge >= 0.3 is 0 Å². The van der Waals surface area contributed by atoms with E-state index in [0.29, 0.717) is 0 Å². The smallest absolute Gasteiger partial charge is 0.190 e. The van der Waals surface area contributed by atoms with Gasteiger partial charge in [-0.15, -0.1) is 33.5 Å². The maximum atomic E-state index is 5.17. The van der Waals surface area contributed by atoms with Crippen molar-refractivity contribution in [3.63, 3.8) is 0 Å². The van der Waals surface area contributed by atoms with Crippen LogP contribution in [0.4, 0.5) is 0 Å². The Kier molecular flexibility index (Phi) is 6.15. The van der Waals surface area contributed by atoms with Gasteiger partial charge in [0.15, 0.2) is 6.71 Å². The summed E-state index contributed by atoms with van der Waals surface area (Å²) >= 11 is 0. The normalized spacial score (nSPS) is 15.4. The van der Waals surface area contributed by atoms with Crippen molar-refractivity contribution in [2.45, 2.75) is 26.2 Å². The Morgan fingerprint density at radius 1 is 0.545 bits per heavy atom. The Labute approximate surface area is 274 Å². The molecule has 6 aromatic carbocycles. The van der Waals surface area contributed by atoms with E-state index >= 15 is 0 Å². The minimum Gasteiger partial charge on any atom is -0.296 e. The van der Waals surface area contributed by atoms with Crippen molar-refractivity contribution >= 4 is 92.4 Å². The van der Waals surface area contributed by atoms with Gasteiger partial charge in [0.2, 0.25) is 0 Å². The largest absolute Gasteiger partial charge is 0.296 e. The number of hydrogen-bond donors (Lipinski definition) is 0. The Morgan fingerprint density at radius 3 is 1.68 bits per heavy atom. The number of rotatable bonds is 1. The van der Waals surface area contributed by atoms with E-state index in [4.69, 9.17) is 4.98 Å². The number of benzene rings is 6. The van der Waals surface area contributed by atoms with Crippen LogP contribution >= 0.6 is 0 Å². The van der Waals surface area contributed by atoms with Gasteiger partial charge in [0.25, 0.3) is 0 Å². The molecule has 1 nitrogen and oxygen atoms in total. The third-order valence-electron chi connectivity index (χ3n) is 10.4. The summed E-state index contributed by atoms with van der Waals surface area (Å²) in [5.41, 5.74) is 7.79. The molecular formula is C39H31BIrNSi2-. The molecule has 5 heteroatoms. The zero-order chi connectivity index (χ0) is 29.1. The molecule has 0 fully saturated rings. The SMILES string of the molecule is C[Si]1(C)c2[c-]c(-c3ccc4ccccc4n3)cc3c2B(c2cc4ccccc4cc21)c1cc2ccccc2cc1[Si]3(C)C.[Ir]. The first-order chi connectivity index (χ1) is 20.8. The summed E-state index contributed by atoms with van der Waals surface area (Å²) < 4.78 is 0. The molecule has 0 atom stereocenters. The van der Waals surface area contributed by atoms with Gasteiger partial charge in [0, 0.05) is 20.1 Å². The van der Waals surface area contributed by atoms with Crippen molar-refractivity contribution in [3.8, 4) is 11.3 Å². The summed E-state index contributed by atoms with van der Waals surface area (Å²) in [6, 6.07) is 47.3. The molecule has 2 aliphatic heterocycles. The van der Waals surface area contributed by atoms with Gasteiger partial charge in [0.1, 0.15) is 0 Å². The second-order valence-electron chi connectivity index (χ2n) is 13.5. The summed E-state index contributed by atoms with van der Waals surface area (Å²) in [5.74, 6) is 0. The Morgan fingerprint density at radius 2 is 1.07 bits per heavy atom. The van der Waals surface area contributed by atoms with Gasteiger partial charge < -0.3 is 0 Å². The van der Waals surface area contributed by atoms with Gasteiger partial charge in [-0.05, 0) is 38.7 Å². The van der Waals surface area contributed by atoms with Crippen LogP contribution < -0.4 is 37.1 Å². The molecule has 0 saturated carbocycles. The first kappa shape index (κ1) is 27.9. The van der Waals surface area contributed by atoms with E-state index in [1.54, 1.807) is 21.0 Å². The van der Waals surface area contributed by atoms with E-state index in [1.807, 2.05) is 0 Å². The predicted molar refractivity (Wildman–Crippen MR) is 192 cm³/mol. The van der Waals surface area contributed by atoms with Crippen LogP contribution in [0.15, 0.2) is 115 Å². The topological polar surface area (TPSA) is 12.9 Å². The summed E-state index contributed by atoms with van der Waals surface area (Å²) in [6.07, 6.45) is 0. The van der Waals surface area contributed by atoms with Gasteiger partial charge in [0.05, 0.1) is 21.7 Å². The monoisotopic (exact) mass is 773 g/mol. The van der Waals surface area contributed by atoms with Crippen LogP contribution in [-0.4, -0.2) is 27.8 Å². The van der Waals surface area contributed by atoms with Crippen LogP contribution in [0.2, 0.25) is 26.2 Å². The van der Waals surface area contributed by atoms with Crippen LogP contribution in [0, 0.1) is 6.07 Å². The molecule has 0 bridgehead atoms. The van der Waals surface area contributed by atoms with E-state index in [9.17, 15) is 0 Å². The van der Waals surface area contributed by atoms with Crippen LogP contribution in [0.3, 0.4) is 0 Å². The van der Waals surface area contributed by atoms with Crippen molar-refractivity contribution in [3.05, 3.63) is 121 Å².